The van der Waals surface area contributed by atoms with Crippen LogP contribution in [0.2, 0.25) is 0 Å². The Balaban J connectivity index is 2.04. The highest BCUT2D eigenvalue weighted by molar-refractivity contribution is 6.05. The third-order valence-corrected chi connectivity index (χ3v) is 4.46. The summed E-state index contributed by atoms with van der Waals surface area (Å²) in [7, 11) is 0. The zero-order chi connectivity index (χ0) is 18.2. The maximum atomic E-state index is 12.5. The first kappa shape index (κ1) is 19.0. The van der Waals surface area contributed by atoms with Crippen molar-refractivity contribution in [3.05, 3.63) is 59.2 Å². The monoisotopic (exact) mass is 340 g/mol. The molecule has 0 saturated carbocycles. The quantitative estimate of drug-likeness (QED) is 0.780. The van der Waals surface area contributed by atoms with Crippen LogP contribution in [0, 0.1) is 13.8 Å². The van der Waals surface area contributed by atoms with Gasteiger partial charge in [0, 0.05) is 12.1 Å². The van der Waals surface area contributed by atoms with E-state index in [-0.39, 0.29) is 5.91 Å². The van der Waals surface area contributed by atoms with Crippen LogP contribution in [0.1, 0.15) is 35.3 Å². The van der Waals surface area contributed by atoms with Gasteiger partial charge in [0.05, 0.1) is 5.69 Å². The molecule has 0 unspecified atom stereocenters. The molecule has 2 rings (SSSR count). The summed E-state index contributed by atoms with van der Waals surface area (Å²) in [6.45, 7) is 11.8. The number of ether oxygens (including phenoxy) is 1. The summed E-state index contributed by atoms with van der Waals surface area (Å²) in [6, 6.07) is 13.3. The summed E-state index contributed by atoms with van der Waals surface area (Å²) in [5.74, 6) is 0.578. The summed E-state index contributed by atoms with van der Waals surface area (Å²) >= 11 is 0. The molecule has 134 valence electrons. The molecule has 2 aromatic carbocycles. The highest BCUT2D eigenvalue weighted by Gasteiger charge is 2.11. The molecular weight excluding hydrogens is 312 g/mol. The Morgan fingerprint density at radius 3 is 2.44 bits per heavy atom. The summed E-state index contributed by atoms with van der Waals surface area (Å²) in [5, 5.41) is 2.96. The summed E-state index contributed by atoms with van der Waals surface area (Å²) in [4.78, 5) is 14.8. The average Bonchev–Trinajstić information content (AvgIpc) is 2.62. The van der Waals surface area contributed by atoms with Gasteiger partial charge >= 0.3 is 0 Å². The third-order valence-electron chi connectivity index (χ3n) is 4.46. The van der Waals surface area contributed by atoms with Gasteiger partial charge < -0.3 is 15.0 Å². The standard InChI is InChI=1S/C21H28N2O2/c1-5-23(6-2)13-14-25-20-10-8-7-9-19(20)22-21(24)18-12-11-16(3)17(4)15-18/h7-12,15H,5-6,13-14H2,1-4H3,(H,22,24). The van der Waals surface area contributed by atoms with Crippen LogP contribution in [0.4, 0.5) is 5.69 Å². The van der Waals surface area contributed by atoms with Crippen molar-refractivity contribution in [3.63, 3.8) is 0 Å². The molecule has 4 heteroatoms. The van der Waals surface area contributed by atoms with Crippen molar-refractivity contribution in [2.75, 3.05) is 31.6 Å². The molecule has 0 aliphatic heterocycles. The van der Waals surface area contributed by atoms with Crippen LogP contribution in [-0.2, 0) is 0 Å². The predicted molar refractivity (Wildman–Crippen MR) is 104 cm³/mol. The predicted octanol–water partition coefficient (Wildman–Crippen LogP) is 4.28. The van der Waals surface area contributed by atoms with Gasteiger partial charge in [-0.2, -0.15) is 0 Å². The summed E-state index contributed by atoms with van der Waals surface area (Å²) < 4.78 is 5.89. The first-order valence-corrected chi connectivity index (χ1v) is 8.88. The SMILES string of the molecule is CCN(CC)CCOc1ccccc1NC(=O)c1ccc(C)c(C)c1. The number of amides is 1. The third kappa shape index (κ3) is 5.33. The minimum absolute atomic E-state index is 0.122. The minimum Gasteiger partial charge on any atom is -0.490 e. The van der Waals surface area contributed by atoms with E-state index in [1.54, 1.807) is 0 Å². The summed E-state index contributed by atoms with van der Waals surface area (Å²) in [6.07, 6.45) is 0. The zero-order valence-corrected chi connectivity index (χ0v) is 15.6. The Labute approximate surface area is 150 Å². The topological polar surface area (TPSA) is 41.6 Å². The lowest BCUT2D eigenvalue weighted by molar-refractivity contribution is 0.102. The van der Waals surface area contributed by atoms with E-state index in [0.717, 1.165) is 25.2 Å². The Bertz CT molecular complexity index is 709. The van der Waals surface area contributed by atoms with Gasteiger partial charge in [-0.05, 0) is 62.3 Å². The molecule has 0 bridgehead atoms. The number of carbonyl (C=O) groups is 1. The number of rotatable bonds is 8. The Hall–Kier alpha value is -2.33. The van der Waals surface area contributed by atoms with Crippen LogP contribution < -0.4 is 10.1 Å². The fourth-order valence-electron chi connectivity index (χ4n) is 2.60. The van der Waals surface area contributed by atoms with E-state index >= 15 is 0 Å². The number of benzene rings is 2. The second-order valence-corrected chi connectivity index (χ2v) is 6.12. The van der Waals surface area contributed by atoms with Gasteiger partial charge in [0.2, 0.25) is 0 Å². The van der Waals surface area contributed by atoms with Crippen LogP contribution in [0.25, 0.3) is 0 Å². The van der Waals surface area contributed by atoms with Crippen LogP contribution in [-0.4, -0.2) is 37.0 Å². The average molecular weight is 340 g/mol. The van der Waals surface area contributed by atoms with Gasteiger partial charge in [-0.15, -0.1) is 0 Å². The highest BCUT2D eigenvalue weighted by Crippen LogP contribution is 2.24. The lowest BCUT2D eigenvalue weighted by Crippen LogP contribution is -2.28. The van der Waals surface area contributed by atoms with Gasteiger partial charge in [-0.3, -0.25) is 4.79 Å². The minimum atomic E-state index is -0.122. The molecule has 0 atom stereocenters. The van der Waals surface area contributed by atoms with E-state index in [9.17, 15) is 4.79 Å². The Morgan fingerprint density at radius 1 is 1.04 bits per heavy atom. The molecule has 0 aromatic heterocycles. The largest absolute Gasteiger partial charge is 0.490 e. The van der Waals surface area contributed by atoms with E-state index in [1.807, 2.05) is 56.3 Å². The smallest absolute Gasteiger partial charge is 0.255 e. The molecule has 0 aliphatic carbocycles. The van der Waals surface area contributed by atoms with Gasteiger partial charge in [-0.1, -0.05) is 32.0 Å². The van der Waals surface area contributed by atoms with Gasteiger partial charge in [-0.25, -0.2) is 0 Å². The lowest BCUT2D eigenvalue weighted by atomic mass is 10.1. The molecule has 1 amide bonds. The Morgan fingerprint density at radius 2 is 1.76 bits per heavy atom. The second-order valence-electron chi connectivity index (χ2n) is 6.12. The molecule has 1 N–H and O–H groups in total. The van der Waals surface area contributed by atoms with Crippen molar-refractivity contribution in [3.8, 4) is 5.75 Å². The summed E-state index contributed by atoms with van der Waals surface area (Å²) in [5.41, 5.74) is 3.64. The normalized spacial score (nSPS) is 10.8. The van der Waals surface area contributed by atoms with Crippen molar-refractivity contribution in [2.24, 2.45) is 0 Å². The molecule has 0 saturated heterocycles. The molecule has 0 spiro atoms. The van der Waals surface area contributed by atoms with Crippen molar-refractivity contribution in [1.29, 1.82) is 0 Å². The molecule has 25 heavy (non-hydrogen) atoms. The first-order chi connectivity index (χ1) is 12.0. The van der Waals surface area contributed by atoms with E-state index in [2.05, 4.69) is 24.1 Å². The number of nitrogens with one attached hydrogen (secondary N) is 1. The van der Waals surface area contributed by atoms with Crippen LogP contribution in [0.15, 0.2) is 42.5 Å². The number of carbonyl (C=O) groups excluding carboxylic acids is 1. The molecule has 0 aliphatic rings. The van der Waals surface area contributed by atoms with Crippen molar-refractivity contribution in [2.45, 2.75) is 27.7 Å². The van der Waals surface area contributed by atoms with Crippen LogP contribution >= 0.6 is 0 Å². The first-order valence-electron chi connectivity index (χ1n) is 8.88. The number of anilines is 1. The van der Waals surface area contributed by atoms with E-state index in [0.29, 0.717) is 23.6 Å². The fraction of sp³-hybridized carbons (Fsp3) is 0.381. The molecule has 4 nitrogen and oxygen atoms in total. The van der Waals surface area contributed by atoms with E-state index in [1.165, 1.54) is 5.56 Å². The number of hydrogen-bond donors (Lipinski definition) is 1. The number of hydrogen-bond acceptors (Lipinski definition) is 3. The molecule has 0 heterocycles. The number of likely N-dealkylation sites (N-methyl/N-ethyl adjacent to an activating group) is 1. The van der Waals surface area contributed by atoms with Gasteiger partial charge in [0.25, 0.3) is 5.91 Å². The highest BCUT2D eigenvalue weighted by atomic mass is 16.5. The number of nitrogens with zero attached hydrogens (tertiary/aromatic N) is 1. The maximum Gasteiger partial charge on any atom is 0.255 e. The number of para-hydroxylation sites is 2. The fourth-order valence-corrected chi connectivity index (χ4v) is 2.60. The molecule has 0 fully saturated rings. The van der Waals surface area contributed by atoms with Gasteiger partial charge in [0.1, 0.15) is 12.4 Å². The molecular formula is C21H28N2O2. The molecule has 0 radical (unpaired) electrons. The zero-order valence-electron chi connectivity index (χ0n) is 15.6. The van der Waals surface area contributed by atoms with Crippen molar-refractivity contribution < 1.29 is 9.53 Å². The van der Waals surface area contributed by atoms with E-state index in [4.69, 9.17) is 4.74 Å². The lowest BCUT2D eigenvalue weighted by Gasteiger charge is -2.19. The van der Waals surface area contributed by atoms with Crippen LogP contribution in [0.5, 0.6) is 5.75 Å². The van der Waals surface area contributed by atoms with E-state index < -0.39 is 0 Å². The second kappa shape index (κ2) is 9.23. The van der Waals surface area contributed by atoms with Crippen LogP contribution in [0.3, 0.4) is 0 Å². The Kier molecular flexibility index (Phi) is 7.02. The maximum absolute atomic E-state index is 12.5. The number of aryl methyl sites for hydroxylation is 2. The van der Waals surface area contributed by atoms with Crippen molar-refractivity contribution >= 4 is 11.6 Å². The van der Waals surface area contributed by atoms with Gasteiger partial charge in [0.15, 0.2) is 0 Å². The van der Waals surface area contributed by atoms with Crippen molar-refractivity contribution in [1.82, 2.24) is 4.90 Å². The molecule has 2 aromatic rings.